The van der Waals surface area contributed by atoms with Crippen LogP contribution in [-0.2, 0) is 9.47 Å². The van der Waals surface area contributed by atoms with Crippen molar-refractivity contribution in [1.29, 1.82) is 0 Å². The molecule has 0 atom stereocenters. The number of imidazole rings is 2. The maximum absolute atomic E-state index is 12.8. The van der Waals surface area contributed by atoms with Gasteiger partial charge in [-0.2, -0.15) is 0 Å². The molecule has 7 rings (SSSR count). The molecule has 0 radical (unpaired) electrons. The van der Waals surface area contributed by atoms with Gasteiger partial charge in [-0.3, -0.25) is 19.4 Å². The number of nitrogens with zero attached hydrogens (tertiary/aromatic N) is 4. The molecule has 0 spiro atoms. The van der Waals surface area contributed by atoms with E-state index in [1.165, 1.54) is 0 Å². The third-order valence-corrected chi connectivity index (χ3v) is 8.55. The molecule has 4 heterocycles. The zero-order chi connectivity index (χ0) is 31.3. The number of morpholine rings is 2. The number of benzene rings is 3. The molecule has 46 heavy (non-hydrogen) atoms. The van der Waals surface area contributed by atoms with Crippen molar-refractivity contribution in [3.8, 4) is 22.8 Å². The average Bonchev–Trinajstić information content (AvgIpc) is 3.73. The number of aromatic nitrogens is 4. The molecule has 12 nitrogen and oxygen atoms in total. The van der Waals surface area contributed by atoms with Crippen LogP contribution in [-0.4, -0.2) is 120 Å². The number of fused-ring (bicyclic) bond motifs is 2. The zero-order valence-electron chi connectivity index (χ0n) is 25.7. The minimum atomic E-state index is -0.0991. The average molecular weight is 623 g/mol. The third kappa shape index (κ3) is 6.95. The Balaban J connectivity index is 0.978. The van der Waals surface area contributed by atoms with Crippen LogP contribution in [0.3, 0.4) is 0 Å². The van der Waals surface area contributed by atoms with E-state index in [2.05, 4.69) is 30.4 Å². The summed E-state index contributed by atoms with van der Waals surface area (Å²) in [5, 5.41) is 6.04. The summed E-state index contributed by atoms with van der Waals surface area (Å²) in [6.07, 6.45) is 0. The standard InChI is InChI=1S/C34H38N8O4/c43-33(35-9-11-41-13-17-45-18-14-41)25-5-7-27-29(21-25)39-31(37-27)23-1-2-24(4-3-23)32-38-28-8-6-26(22-30(28)40-32)34(44)36-10-12-42-15-19-46-20-16-42/h1-8,21-22H,9-20H2,(H,35,43)(H,36,44)(H,37,39)(H,38,40). The van der Waals surface area contributed by atoms with Crippen LogP contribution in [0.4, 0.5) is 0 Å². The van der Waals surface area contributed by atoms with Gasteiger partial charge in [0.2, 0.25) is 0 Å². The van der Waals surface area contributed by atoms with E-state index in [0.717, 1.165) is 111 Å². The lowest BCUT2D eigenvalue weighted by Gasteiger charge is -2.26. The molecule has 2 aromatic heterocycles. The molecule has 3 aromatic carbocycles. The first-order valence-electron chi connectivity index (χ1n) is 15.9. The number of aromatic amines is 2. The van der Waals surface area contributed by atoms with Crippen LogP contribution in [0.1, 0.15) is 20.7 Å². The van der Waals surface area contributed by atoms with Crippen LogP contribution in [0, 0.1) is 0 Å². The maximum Gasteiger partial charge on any atom is 0.251 e. The van der Waals surface area contributed by atoms with Crippen LogP contribution in [0.15, 0.2) is 60.7 Å². The first-order valence-corrected chi connectivity index (χ1v) is 15.9. The molecule has 2 saturated heterocycles. The van der Waals surface area contributed by atoms with E-state index in [0.29, 0.717) is 24.2 Å². The molecule has 2 aliphatic rings. The van der Waals surface area contributed by atoms with Gasteiger partial charge in [0.1, 0.15) is 11.6 Å². The summed E-state index contributed by atoms with van der Waals surface area (Å²) in [6.45, 7) is 9.37. The van der Waals surface area contributed by atoms with Gasteiger partial charge < -0.3 is 30.1 Å². The van der Waals surface area contributed by atoms with Gasteiger partial charge in [0.05, 0.1) is 48.5 Å². The lowest BCUT2D eigenvalue weighted by molar-refractivity contribution is 0.0382. The number of rotatable bonds is 10. The van der Waals surface area contributed by atoms with Crippen LogP contribution in [0.5, 0.6) is 0 Å². The highest BCUT2D eigenvalue weighted by atomic mass is 16.5. The number of hydrogen-bond acceptors (Lipinski definition) is 8. The van der Waals surface area contributed by atoms with Gasteiger partial charge in [0.15, 0.2) is 0 Å². The molecular weight excluding hydrogens is 584 g/mol. The minimum absolute atomic E-state index is 0.0991. The second kappa shape index (κ2) is 13.8. The van der Waals surface area contributed by atoms with Crippen molar-refractivity contribution in [2.75, 3.05) is 78.8 Å². The Bertz CT molecular complexity index is 1690. The third-order valence-electron chi connectivity index (χ3n) is 8.55. The highest BCUT2D eigenvalue weighted by Gasteiger charge is 2.15. The number of hydrogen-bond donors (Lipinski definition) is 4. The SMILES string of the molecule is O=C(NCCN1CCOCC1)c1ccc2nc(-c3ccc(-c4nc5ccc(C(=O)NCCN6CCOCC6)cc5[nH]4)cc3)[nH]c2c1. The van der Waals surface area contributed by atoms with Crippen molar-refractivity contribution >= 4 is 33.9 Å². The molecule has 0 aliphatic carbocycles. The summed E-state index contributed by atoms with van der Waals surface area (Å²) in [4.78, 5) is 46.3. The molecule has 2 fully saturated rings. The van der Waals surface area contributed by atoms with Crippen molar-refractivity contribution in [2.45, 2.75) is 0 Å². The topological polar surface area (TPSA) is 140 Å². The number of H-pyrrole nitrogens is 2. The van der Waals surface area contributed by atoms with E-state index < -0.39 is 0 Å². The summed E-state index contributed by atoms with van der Waals surface area (Å²) < 4.78 is 10.8. The summed E-state index contributed by atoms with van der Waals surface area (Å²) in [6, 6.07) is 19.0. The second-order valence-corrected chi connectivity index (χ2v) is 11.6. The summed E-state index contributed by atoms with van der Waals surface area (Å²) >= 11 is 0. The number of carbonyl (C=O) groups excluding carboxylic acids is 2. The molecular formula is C34H38N8O4. The van der Waals surface area contributed by atoms with Gasteiger partial charge in [-0.15, -0.1) is 0 Å². The molecule has 2 amide bonds. The van der Waals surface area contributed by atoms with E-state index in [4.69, 9.17) is 19.4 Å². The molecule has 238 valence electrons. The van der Waals surface area contributed by atoms with Crippen molar-refractivity contribution in [3.05, 3.63) is 71.8 Å². The Hall–Kier alpha value is -4.62. The Kier molecular flexibility index (Phi) is 9.01. The van der Waals surface area contributed by atoms with Gasteiger partial charge in [0, 0.05) is 74.6 Å². The van der Waals surface area contributed by atoms with Crippen molar-refractivity contribution in [3.63, 3.8) is 0 Å². The maximum atomic E-state index is 12.8. The fraction of sp³-hybridized carbons (Fsp3) is 0.353. The Morgan fingerprint density at radius 3 is 1.46 bits per heavy atom. The van der Waals surface area contributed by atoms with Crippen molar-refractivity contribution in [2.24, 2.45) is 0 Å². The molecule has 12 heteroatoms. The van der Waals surface area contributed by atoms with Crippen LogP contribution in [0.2, 0.25) is 0 Å². The van der Waals surface area contributed by atoms with Crippen LogP contribution in [0.25, 0.3) is 44.8 Å². The fourth-order valence-electron chi connectivity index (χ4n) is 5.87. The van der Waals surface area contributed by atoms with Gasteiger partial charge in [0.25, 0.3) is 11.8 Å². The number of ether oxygens (including phenoxy) is 2. The Morgan fingerprint density at radius 1 is 0.630 bits per heavy atom. The molecule has 0 unspecified atom stereocenters. The fourth-order valence-corrected chi connectivity index (χ4v) is 5.87. The predicted octanol–water partition coefficient (Wildman–Crippen LogP) is 2.90. The summed E-state index contributed by atoms with van der Waals surface area (Å²) in [5.41, 5.74) is 6.23. The van der Waals surface area contributed by atoms with E-state index in [9.17, 15) is 9.59 Å². The van der Waals surface area contributed by atoms with Gasteiger partial charge in [-0.1, -0.05) is 24.3 Å². The number of carbonyl (C=O) groups is 2. The molecule has 4 N–H and O–H groups in total. The monoisotopic (exact) mass is 622 g/mol. The molecule has 2 aliphatic heterocycles. The zero-order valence-corrected chi connectivity index (χ0v) is 25.7. The van der Waals surface area contributed by atoms with Gasteiger partial charge in [-0.05, 0) is 36.4 Å². The van der Waals surface area contributed by atoms with Crippen molar-refractivity contribution < 1.29 is 19.1 Å². The highest BCUT2D eigenvalue weighted by Crippen LogP contribution is 2.26. The lowest BCUT2D eigenvalue weighted by atomic mass is 10.1. The first-order chi connectivity index (χ1) is 22.6. The first kappa shape index (κ1) is 30.1. The van der Waals surface area contributed by atoms with Gasteiger partial charge in [-0.25, -0.2) is 9.97 Å². The highest BCUT2D eigenvalue weighted by molar-refractivity contribution is 5.98. The van der Waals surface area contributed by atoms with E-state index in [-0.39, 0.29) is 11.8 Å². The summed E-state index contributed by atoms with van der Waals surface area (Å²) in [7, 11) is 0. The Labute approximate surface area is 266 Å². The minimum Gasteiger partial charge on any atom is -0.379 e. The number of amides is 2. The molecule has 5 aromatic rings. The summed E-state index contributed by atoms with van der Waals surface area (Å²) in [5.74, 6) is 1.25. The predicted molar refractivity (Wildman–Crippen MR) is 176 cm³/mol. The number of nitrogens with one attached hydrogen (secondary N) is 4. The Morgan fingerprint density at radius 2 is 1.04 bits per heavy atom. The molecule has 0 saturated carbocycles. The van der Waals surface area contributed by atoms with E-state index in [1.54, 1.807) is 0 Å². The van der Waals surface area contributed by atoms with Crippen LogP contribution < -0.4 is 10.6 Å². The van der Waals surface area contributed by atoms with Gasteiger partial charge >= 0.3 is 0 Å². The molecule has 0 bridgehead atoms. The second-order valence-electron chi connectivity index (χ2n) is 11.6. The largest absolute Gasteiger partial charge is 0.379 e. The lowest BCUT2D eigenvalue weighted by Crippen LogP contribution is -2.41. The van der Waals surface area contributed by atoms with Crippen molar-refractivity contribution in [1.82, 2.24) is 40.4 Å². The van der Waals surface area contributed by atoms with E-state index in [1.807, 2.05) is 60.7 Å². The normalized spacial score (nSPS) is 16.2. The quantitative estimate of drug-likeness (QED) is 0.187. The smallest absolute Gasteiger partial charge is 0.251 e. The van der Waals surface area contributed by atoms with Crippen LogP contribution >= 0.6 is 0 Å². The van der Waals surface area contributed by atoms with E-state index >= 15 is 0 Å².